The van der Waals surface area contributed by atoms with Crippen molar-refractivity contribution in [3.8, 4) is 0 Å². The number of aryl methyl sites for hydroxylation is 1. The van der Waals surface area contributed by atoms with Gasteiger partial charge in [0, 0.05) is 37.5 Å². The van der Waals surface area contributed by atoms with Crippen LogP contribution in [0.15, 0.2) is 36.4 Å². The first-order valence-corrected chi connectivity index (χ1v) is 9.83. The number of hydrogen-bond acceptors (Lipinski definition) is 4. The third-order valence-corrected chi connectivity index (χ3v) is 6.37. The van der Waals surface area contributed by atoms with Gasteiger partial charge in [0.25, 0.3) is 5.91 Å². The second kappa shape index (κ2) is 7.62. The third-order valence-electron chi connectivity index (χ3n) is 5.18. The minimum atomic E-state index is -0.0244. The van der Waals surface area contributed by atoms with Crippen LogP contribution in [0.1, 0.15) is 46.6 Å². The number of likely N-dealkylation sites (tertiary alicyclic amines) is 1. The molecule has 5 nitrogen and oxygen atoms in total. The second-order valence-corrected chi connectivity index (χ2v) is 8.41. The number of nitrogens with zero attached hydrogens (tertiary/aromatic N) is 3. The van der Waals surface area contributed by atoms with E-state index in [1.54, 1.807) is 0 Å². The van der Waals surface area contributed by atoms with Crippen molar-refractivity contribution in [2.75, 3.05) is 13.1 Å². The summed E-state index contributed by atoms with van der Waals surface area (Å²) in [5, 5.41) is 5.69. The van der Waals surface area contributed by atoms with Gasteiger partial charge in [-0.25, -0.2) is 0 Å². The number of amides is 1. The fourth-order valence-corrected chi connectivity index (χ4v) is 4.85. The van der Waals surface area contributed by atoms with Gasteiger partial charge in [0.2, 0.25) is 0 Å². The lowest BCUT2D eigenvalue weighted by atomic mass is 9.95. The van der Waals surface area contributed by atoms with Gasteiger partial charge in [-0.2, -0.15) is 5.10 Å². The molecular formula is C20H25ClN4OS. The second-order valence-electron chi connectivity index (χ2n) is 7.38. The molecule has 2 aromatic heterocycles. The van der Waals surface area contributed by atoms with Gasteiger partial charge in [-0.15, -0.1) is 23.7 Å². The van der Waals surface area contributed by atoms with Crippen LogP contribution in [0, 0.1) is 0 Å². The smallest absolute Gasteiger partial charge is 0.264 e. The zero-order valence-electron chi connectivity index (χ0n) is 15.8. The molecule has 0 bridgehead atoms. The maximum atomic E-state index is 13.1. The number of benzene rings is 1. The zero-order valence-corrected chi connectivity index (χ0v) is 17.4. The Morgan fingerprint density at radius 3 is 2.63 bits per heavy atom. The van der Waals surface area contributed by atoms with Crippen LogP contribution in [-0.2, 0) is 7.05 Å². The summed E-state index contributed by atoms with van der Waals surface area (Å²) >= 11 is 1.52. The molecule has 1 aromatic carbocycles. The predicted molar refractivity (Wildman–Crippen MR) is 113 cm³/mol. The molecule has 0 aliphatic carbocycles. The van der Waals surface area contributed by atoms with Crippen LogP contribution in [0.4, 0.5) is 0 Å². The van der Waals surface area contributed by atoms with E-state index in [4.69, 9.17) is 5.73 Å². The summed E-state index contributed by atoms with van der Waals surface area (Å²) in [4.78, 5) is 16.8. The van der Waals surface area contributed by atoms with Gasteiger partial charge in [-0.1, -0.05) is 44.2 Å². The van der Waals surface area contributed by atoms with Crippen molar-refractivity contribution in [1.29, 1.82) is 0 Å². The third kappa shape index (κ3) is 3.49. The van der Waals surface area contributed by atoms with E-state index < -0.39 is 0 Å². The van der Waals surface area contributed by atoms with E-state index in [0.29, 0.717) is 19.0 Å². The standard InChI is InChI=1S/C20H24N4OS.ClH/c1-12(2)18-14-9-17(26-20(14)23(3)22-18)19(25)24-10-15(16(21)11-24)13-7-5-4-6-8-13;/h4-9,12,15-16H,10-11,21H2,1-3H3;1H/t15-,16+;/m0./s1. The van der Waals surface area contributed by atoms with E-state index in [-0.39, 0.29) is 30.3 Å². The fraction of sp³-hybridized carbons (Fsp3) is 0.400. The summed E-state index contributed by atoms with van der Waals surface area (Å²) in [6.07, 6.45) is 0. The molecule has 0 unspecified atom stereocenters. The van der Waals surface area contributed by atoms with Gasteiger partial charge >= 0.3 is 0 Å². The highest BCUT2D eigenvalue weighted by Gasteiger charge is 2.35. The highest BCUT2D eigenvalue weighted by atomic mass is 35.5. The van der Waals surface area contributed by atoms with E-state index in [9.17, 15) is 4.79 Å². The van der Waals surface area contributed by atoms with Crippen LogP contribution in [0.2, 0.25) is 0 Å². The van der Waals surface area contributed by atoms with Crippen LogP contribution in [0.3, 0.4) is 0 Å². The molecule has 3 heterocycles. The van der Waals surface area contributed by atoms with Gasteiger partial charge < -0.3 is 10.6 Å². The van der Waals surface area contributed by atoms with E-state index in [0.717, 1.165) is 20.8 Å². The van der Waals surface area contributed by atoms with Crippen molar-refractivity contribution in [2.45, 2.75) is 31.7 Å². The Labute approximate surface area is 169 Å². The molecule has 1 saturated heterocycles. The average Bonchev–Trinajstić information content (AvgIpc) is 3.30. The molecule has 1 amide bonds. The average molecular weight is 405 g/mol. The lowest BCUT2D eigenvalue weighted by Crippen LogP contribution is -2.31. The van der Waals surface area contributed by atoms with Crippen molar-refractivity contribution in [3.05, 3.63) is 52.5 Å². The molecule has 27 heavy (non-hydrogen) atoms. The van der Waals surface area contributed by atoms with Gasteiger partial charge in [0.1, 0.15) is 4.83 Å². The van der Waals surface area contributed by atoms with E-state index >= 15 is 0 Å². The highest BCUT2D eigenvalue weighted by molar-refractivity contribution is 7.20. The maximum absolute atomic E-state index is 13.1. The summed E-state index contributed by atoms with van der Waals surface area (Å²) < 4.78 is 1.88. The maximum Gasteiger partial charge on any atom is 0.264 e. The zero-order chi connectivity index (χ0) is 18.4. The molecule has 3 aromatic rings. The number of aromatic nitrogens is 2. The topological polar surface area (TPSA) is 64.2 Å². The largest absolute Gasteiger partial charge is 0.336 e. The monoisotopic (exact) mass is 404 g/mol. The highest BCUT2D eigenvalue weighted by Crippen LogP contribution is 2.34. The van der Waals surface area contributed by atoms with Gasteiger partial charge in [0.15, 0.2) is 0 Å². The van der Waals surface area contributed by atoms with Crippen molar-refractivity contribution in [2.24, 2.45) is 12.8 Å². The molecule has 0 spiro atoms. The molecule has 0 radical (unpaired) electrons. The Morgan fingerprint density at radius 1 is 1.26 bits per heavy atom. The van der Waals surface area contributed by atoms with Crippen LogP contribution < -0.4 is 5.73 Å². The molecule has 2 atom stereocenters. The van der Waals surface area contributed by atoms with Crippen LogP contribution in [0.5, 0.6) is 0 Å². The number of hydrogen-bond donors (Lipinski definition) is 1. The Bertz CT molecular complexity index is 950. The first kappa shape index (κ1) is 19.9. The van der Waals surface area contributed by atoms with E-state index in [2.05, 4.69) is 31.1 Å². The number of fused-ring (bicyclic) bond motifs is 1. The number of nitrogens with two attached hydrogens (primary N) is 1. The first-order valence-electron chi connectivity index (χ1n) is 9.02. The fourth-order valence-electron chi connectivity index (χ4n) is 3.80. The number of carbonyl (C=O) groups excluding carboxylic acids is 1. The lowest BCUT2D eigenvalue weighted by Gasteiger charge is -2.15. The number of rotatable bonds is 3. The van der Waals surface area contributed by atoms with Gasteiger partial charge in [0.05, 0.1) is 10.6 Å². The Hall–Kier alpha value is -1.89. The van der Waals surface area contributed by atoms with E-state index in [1.807, 2.05) is 40.9 Å². The summed E-state index contributed by atoms with van der Waals surface area (Å²) in [7, 11) is 1.94. The molecule has 1 aliphatic rings. The Balaban J connectivity index is 0.00000210. The summed E-state index contributed by atoms with van der Waals surface area (Å²) in [6, 6.07) is 12.2. The van der Waals surface area contributed by atoms with Crippen molar-refractivity contribution in [3.63, 3.8) is 0 Å². The first-order chi connectivity index (χ1) is 12.5. The quantitative estimate of drug-likeness (QED) is 0.723. The Morgan fingerprint density at radius 2 is 1.96 bits per heavy atom. The molecular weight excluding hydrogens is 380 g/mol. The Kier molecular flexibility index (Phi) is 5.60. The lowest BCUT2D eigenvalue weighted by molar-refractivity contribution is 0.0794. The van der Waals surface area contributed by atoms with E-state index in [1.165, 1.54) is 16.9 Å². The predicted octanol–water partition coefficient (Wildman–Crippen LogP) is 3.75. The molecule has 1 aliphatic heterocycles. The normalized spacial score (nSPS) is 19.7. The molecule has 2 N–H and O–H groups in total. The van der Waals surface area contributed by atoms with Gasteiger partial charge in [-0.3, -0.25) is 9.48 Å². The summed E-state index contributed by atoms with van der Waals surface area (Å²) in [5.74, 6) is 0.608. The van der Waals surface area contributed by atoms with Crippen LogP contribution >= 0.6 is 23.7 Å². The SMILES string of the molecule is CC(C)c1nn(C)c2sc(C(=O)N3C[C@@H](N)[C@H](c4ccccc4)C3)cc12.Cl. The van der Waals surface area contributed by atoms with Crippen molar-refractivity contribution >= 4 is 39.9 Å². The molecule has 0 saturated carbocycles. The molecule has 144 valence electrons. The minimum absolute atomic E-state index is 0. The molecule has 1 fully saturated rings. The van der Waals surface area contributed by atoms with Crippen LogP contribution in [-0.4, -0.2) is 39.7 Å². The minimum Gasteiger partial charge on any atom is -0.336 e. The molecule has 4 rings (SSSR count). The number of carbonyl (C=O) groups is 1. The number of thiophene rings is 1. The van der Waals surface area contributed by atoms with Crippen LogP contribution in [0.25, 0.3) is 10.2 Å². The van der Waals surface area contributed by atoms with Gasteiger partial charge in [-0.05, 0) is 17.5 Å². The van der Waals surface area contributed by atoms with Crippen molar-refractivity contribution in [1.82, 2.24) is 14.7 Å². The van der Waals surface area contributed by atoms with Crippen molar-refractivity contribution < 1.29 is 4.79 Å². The summed E-state index contributed by atoms with van der Waals surface area (Å²) in [6.45, 7) is 5.53. The number of halogens is 1. The summed E-state index contributed by atoms with van der Waals surface area (Å²) in [5.41, 5.74) is 8.62. The molecule has 7 heteroatoms.